The third-order valence-corrected chi connectivity index (χ3v) is 3.42. The lowest BCUT2D eigenvalue weighted by Gasteiger charge is -2.20. The summed E-state index contributed by atoms with van der Waals surface area (Å²) in [7, 11) is 1.64. The molecule has 2 N–H and O–H groups in total. The second-order valence-corrected chi connectivity index (χ2v) is 5.32. The van der Waals surface area contributed by atoms with Gasteiger partial charge in [0.2, 0.25) is 0 Å². The fraction of sp³-hybridized carbons (Fsp3) is 0.385. The van der Waals surface area contributed by atoms with Crippen molar-refractivity contribution in [1.82, 2.24) is 15.5 Å². The molecule has 8 nitrogen and oxygen atoms in total. The van der Waals surface area contributed by atoms with Crippen LogP contribution in [0, 0.1) is 10.1 Å². The lowest BCUT2D eigenvalue weighted by atomic mass is 10.2. The normalized spacial score (nSPS) is 16.6. The van der Waals surface area contributed by atoms with E-state index >= 15 is 0 Å². The third kappa shape index (κ3) is 4.29. The molecule has 1 atom stereocenters. The summed E-state index contributed by atoms with van der Waals surface area (Å²) in [6, 6.07) is 5.94. The second-order valence-electron chi connectivity index (χ2n) is 4.91. The summed E-state index contributed by atoms with van der Waals surface area (Å²) < 4.78 is 5.16. The Labute approximate surface area is 132 Å². The van der Waals surface area contributed by atoms with E-state index in [9.17, 15) is 14.9 Å². The highest BCUT2D eigenvalue weighted by atomic mass is 32.1. The van der Waals surface area contributed by atoms with Gasteiger partial charge in [-0.1, -0.05) is 0 Å². The predicted octanol–water partition coefficient (Wildman–Crippen LogP) is 1.01. The number of hydrogen-bond acceptors (Lipinski definition) is 5. The summed E-state index contributed by atoms with van der Waals surface area (Å²) in [5.74, 6) is 0. The number of nitrogens with one attached hydrogen (secondary N) is 2. The average molecular weight is 324 g/mol. The third-order valence-electron chi connectivity index (χ3n) is 3.16. The number of nitro groups is 1. The molecular formula is C13H16N4O4S. The Bertz CT molecular complexity index is 578. The average Bonchev–Trinajstić information content (AvgIpc) is 2.90. The highest BCUT2D eigenvalue weighted by Crippen LogP contribution is 2.12. The molecule has 1 aromatic rings. The van der Waals surface area contributed by atoms with Crippen LogP contribution in [0.25, 0.3) is 0 Å². The van der Waals surface area contributed by atoms with E-state index in [1.165, 1.54) is 17.0 Å². The van der Waals surface area contributed by atoms with Crippen LogP contribution in [0.2, 0.25) is 0 Å². The molecule has 0 aliphatic carbocycles. The Morgan fingerprint density at radius 2 is 2.18 bits per heavy atom. The van der Waals surface area contributed by atoms with Gasteiger partial charge < -0.3 is 20.3 Å². The van der Waals surface area contributed by atoms with E-state index in [0.717, 1.165) is 0 Å². The number of ether oxygens (including phenoxy) is 1. The Kier molecular flexibility index (Phi) is 5.10. The summed E-state index contributed by atoms with van der Waals surface area (Å²) in [4.78, 5) is 23.4. The van der Waals surface area contributed by atoms with E-state index in [2.05, 4.69) is 10.6 Å². The van der Waals surface area contributed by atoms with E-state index in [0.29, 0.717) is 23.8 Å². The molecule has 1 aliphatic rings. The maximum atomic E-state index is 11.9. The number of non-ortho nitro benzene ring substituents is 1. The van der Waals surface area contributed by atoms with Gasteiger partial charge in [-0.25, -0.2) is 4.79 Å². The highest BCUT2D eigenvalue weighted by Gasteiger charge is 2.21. The molecule has 0 bridgehead atoms. The van der Waals surface area contributed by atoms with Crippen LogP contribution in [0.5, 0.6) is 0 Å². The predicted molar refractivity (Wildman–Crippen MR) is 83.4 cm³/mol. The second kappa shape index (κ2) is 7.03. The van der Waals surface area contributed by atoms with Gasteiger partial charge in [-0.3, -0.25) is 10.1 Å². The topological polar surface area (TPSA) is 96.7 Å². The molecule has 1 saturated heterocycles. The van der Waals surface area contributed by atoms with Crippen molar-refractivity contribution >= 4 is 29.1 Å². The van der Waals surface area contributed by atoms with Crippen LogP contribution in [0.3, 0.4) is 0 Å². The van der Waals surface area contributed by atoms with Gasteiger partial charge >= 0.3 is 6.09 Å². The quantitative estimate of drug-likeness (QED) is 0.474. The fourth-order valence-corrected chi connectivity index (χ4v) is 2.24. The fourth-order valence-electron chi connectivity index (χ4n) is 1.99. The number of benzene rings is 1. The number of likely N-dealkylation sites (N-methyl/N-ethyl adjacent to an activating group) is 1. The zero-order valence-electron chi connectivity index (χ0n) is 11.9. The minimum absolute atomic E-state index is 0.00275. The zero-order chi connectivity index (χ0) is 16.1. The number of nitrogens with zero attached hydrogens (tertiary/aromatic N) is 2. The number of amides is 1. The van der Waals surface area contributed by atoms with Crippen LogP contribution in [0.1, 0.15) is 5.56 Å². The maximum Gasteiger partial charge on any atom is 0.409 e. The molecule has 2 rings (SSSR count). The van der Waals surface area contributed by atoms with Gasteiger partial charge in [0.1, 0.15) is 6.61 Å². The number of nitro benzene ring substituents is 1. The maximum absolute atomic E-state index is 11.9. The number of carbonyl (C=O) groups excluding carboxylic acids is 1. The minimum Gasteiger partial charge on any atom is -0.445 e. The Balaban J connectivity index is 1.79. The number of thiocarbonyl (C=S) groups is 1. The molecule has 9 heteroatoms. The van der Waals surface area contributed by atoms with E-state index in [-0.39, 0.29) is 18.3 Å². The molecular weight excluding hydrogens is 308 g/mol. The molecule has 1 unspecified atom stereocenters. The molecule has 0 aromatic heterocycles. The summed E-state index contributed by atoms with van der Waals surface area (Å²) >= 11 is 4.95. The van der Waals surface area contributed by atoms with Crippen molar-refractivity contribution in [3.63, 3.8) is 0 Å². The summed E-state index contributed by atoms with van der Waals surface area (Å²) in [6.45, 7) is 1.20. The molecule has 0 saturated carbocycles. The number of rotatable bonds is 5. The van der Waals surface area contributed by atoms with Gasteiger partial charge in [-0.2, -0.15) is 0 Å². The van der Waals surface area contributed by atoms with Gasteiger partial charge in [0.15, 0.2) is 5.11 Å². The van der Waals surface area contributed by atoms with E-state index < -0.39 is 11.0 Å². The van der Waals surface area contributed by atoms with Crippen molar-refractivity contribution in [2.75, 3.05) is 20.1 Å². The zero-order valence-corrected chi connectivity index (χ0v) is 12.8. The minimum atomic E-state index is -0.476. The Morgan fingerprint density at radius 1 is 1.50 bits per heavy atom. The van der Waals surface area contributed by atoms with E-state index in [4.69, 9.17) is 17.0 Å². The number of hydrogen-bond donors (Lipinski definition) is 2. The molecule has 1 aromatic carbocycles. The number of carbonyl (C=O) groups is 1. The van der Waals surface area contributed by atoms with Crippen molar-refractivity contribution in [2.24, 2.45) is 0 Å². The Morgan fingerprint density at radius 3 is 2.73 bits per heavy atom. The molecule has 0 radical (unpaired) electrons. The Hall–Kier alpha value is -2.42. The molecule has 118 valence electrons. The lowest BCUT2D eigenvalue weighted by molar-refractivity contribution is -0.384. The standard InChI is InChI=1S/C13H16N4O4S/c1-16(7-10-6-14-12(22)15-10)13(18)21-8-9-2-4-11(5-3-9)17(19)20/h2-5,10H,6-8H2,1H3,(H2,14,15,22). The van der Waals surface area contributed by atoms with Gasteiger partial charge in [-0.05, 0) is 29.9 Å². The molecule has 1 fully saturated rings. The van der Waals surface area contributed by atoms with Gasteiger partial charge in [0, 0.05) is 32.3 Å². The van der Waals surface area contributed by atoms with Crippen molar-refractivity contribution in [3.05, 3.63) is 39.9 Å². The van der Waals surface area contributed by atoms with Crippen LogP contribution in [-0.2, 0) is 11.3 Å². The van der Waals surface area contributed by atoms with Gasteiger partial charge in [-0.15, -0.1) is 0 Å². The SMILES string of the molecule is CN(CC1CNC(=S)N1)C(=O)OCc1ccc([N+](=O)[O-])cc1. The van der Waals surface area contributed by atoms with Crippen molar-refractivity contribution < 1.29 is 14.5 Å². The van der Waals surface area contributed by atoms with Crippen molar-refractivity contribution in [1.29, 1.82) is 0 Å². The van der Waals surface area contributed by atoms with Crippen molar-refractivity contribution in [2.45, 2.75) is 12.6 Å². The van der Waals surface area contributed by atoms with E-state index in [1.54, 1.807) is 19.2 Å². The van der Waals surface area contributed by atoms with Crippen molar-refractivity contribution in [3.8, 4) is 0 Å². The summed E-state index contributed by atoms with van der Waals surface area (Å²) in [5.41, 5.74) is 0.692. The van der Waals surface area contributed by atoms with Crippen LogP contribution < -0.4 is 10.6 Å². The highest BCUT2D eigenvalue weighted by molar-refractivity contribution is 7.80. The first-order valence-electron chi connectivity index (χ1n) is 6.61. The van der Waals surface area contributed by atoms with Gasteiger partial charge in [0.25, 0.3) is 5.69 Å². The first-order chi connectivity index (χ1) is 10.5. The summed E-state index contributed by atoms with van der Waals surface area (Å²) in [5, 5.41) is 17.1. The molecule has 1 amide bonds. The lowest BCUT2D eigenvalue weighted by Crippen LogP contribution is -2.40. The van der Waals surface area contributed by atoms with Gasteiger partial charge in [0.05, 0.1) is 11.0 Å². The molecule has 1 aliphatic heterocycles. The van der Waals surface area contributed by atoms with Crippen LogP contribution in [0.4, 0.5) is 10.5 Å². The van der Waals surface area contributed by atoms with Crippen LogP contribution >= 0.6 is 12.2 Å². The van der Waals surface area contributed by atoms with E-state index in [1.807, 2.05) is 0 Å². The largest absolute Gasteiger partial charge is 0.445 e. The monoisotopic (exact) mass is 324 g/mol. The summed E-state index contributed by atoms with van der Waals surface area (Å²) in [6.07, 6.45) is -0.460. The molecule has 22 heavy (non-hydrogen) atoms. The smallest absolute Gasteiger partial charge is 0.409 e. The first-order valence-corrected chi connectivity index (χ1v) is 7.02. The van der Waals surface area contributed by atoms with Crippen LogP contribution in [0.15, 0.2) is 24.3 Å². The first kappa shape index (κ1) is 16.0. The molecule has 0 spiro atoms. The van der Waals surface area contributed by atoms with Crippen LogP contribution in [-0.4, -0.2) is 47.2 Å². The molecule has 1 heterocycles.